The van der Waals surface area contributed by atoms with Crippen molar-refractivity contribution in [3.63, 3.8) is 0 Å². The van der Waals surface area contributed by atoms with E-state index in [1.807, 2.05) is 24.3 Å². The summed E-state index contributed by atoms with van der Waals surface area (Å²) < 4.78 is 4.36. The summed E-state index contributed by atoms with van der Waals surface area (Å²) in [7, 11) is 0. The van der Waals surface area contributed by atoms with Crippen molar-refractivity contribution in [1.82, 2.24) is 4.57 Å². The molecule has 2 nitrogen and oxygen atoms in total. The average molecular weight is 565 g/mol. The Hall–Kier alpha value is -0.710. The first kappa shape index (κ1) is 26.5. The highest BCUT2D eigenvalue weighted by Crippen LogP contribution is 2.37. The maximum Gasteiger partial charge on any atom is 0.244 e. The van der Waals surface area contributed by atoms with Crippen LogP contribution in [-0.4, -0.2) is 4.57 Å². The van der Waals surface area contributed by atoms with E-state index in [1.54, 1.807) is 12.1 Å². The molecule has 0 aliphatic carbocycles. The standard InChI is InChI=1S/C24H27Cl4N2.BrH/c1-2-3-4-5-6-7-12-29-13-14-30(17-29)24(20-10-8-18(25)15-22(20)27)21-11-9-19(26)16-23(21)28;/h8-11,13-17,24H,2-7,12H2,1H3;1H/q+1;/p-1. The first-order valence-electron chi connectivity index (χ1n) is 10.5. The smallest absolute Gasteiger partial charge is 0.244 e. The number of unbranched alkanes of at least 4 members (excludes halogenated alkanes) is 5. The molecule has 0 N–H and O–H groups in total. The molecule has 7 heteroatoms. The lowest BCUT2D eigenvalue weighted by atomic mass is 9.98. The number of hydrogen-bond donors (Lipinski definition) is 0. The average Bonchev–Trinajstić information content (AvgIpc) is 3.16. The third-order valence-electron chi connectivity index (χ3n) is 5.29. The number of benzene rings is 2. The van der Waals surface area contributed by atoms with Crippen LogP contribution in [0.2, 0.25) is 20.1 Å². The third-order valence-corrected chi connectivity index (χ3v) is 6.42. The van der Waals surface area contributed by atoms with Crippen LogP contribution in [-0.2, 0) is 6.54 Å². The highest BCUT2D eigenvalue weighted by Gasteiger charge is 2.26. The number of halogens is 5. The van der Waals surface area contributed by atoms with Crippen molar-refractivity contribution in [2.45, 2.75) is 58.0 Å². The topological polar surface area (TPSA) is 8.81 Å². The van der Waals surface area contributed by atoms with E-state index in [0.29, 0.717) is 20.1 Å². The second-order valence-corrected chi connectivity index (χ2v) is 9.29. The van der Waals surface area contributed by atoms with Crippen LogP contribution in [0, 0.1) is 0 Å². The van der Waals surface area contributed by atoms with Gasteiger partial charge in [0.15, 0.2) is 6.04 Å². The molecule has 0 radical (unpaired) electrons. The van der Waals surface area contributed by atoms with Crippen molar-refractivity contribution in [3.8, 4) is 0 Å². The molecule has 0 bridgehead atoms. The molecule has 0 fully saturated rings. The van der Waals surface area contributed by atoms with Crippen LogP contribution in [0.5, 0.6) is 0 Å². The largest absolute Gasteiger partial charge is 1.00 e. The Balaban J connectivity index is 0.00000341. The summed E-state index contributed by atoms with van der Waals surface area (Å²) in [4.78, 5) is 0. The van der Waals surface area contributed by atoms with Crippen molar-refractivity contribution in [3.05, 3.63) is 86.3 Å². The van der Waals surface area contributed by atoms with E-state index in [9.17, 15) is 0 Å². The normalized spacial score (nSPS) is 11.0. The van der Waals surface area contributed by atoms with Gasteiger partial charge in [-0.2, -0.15) is 0 Å². The highest BCUT2D eigenvalue weighted by atomic mass is 79.9. The maximum atomic E-state index is 6.58. The summed E-state index contributed by atoms with van der Waals surface area (Å²) >= 11 is 25.4. The van der Waals surface area contributed by atoms with Gasteiger partial charge in [-0.15, -0.1) is 0 Å². The summed E-state index contributed by atoms with van der Waals surface area (Å²) in [6, 6.07) is 11.0. The van der Waals surface area contributed by atoms with Gasteiger partial charge in [0.1, 0.15) is 12.4 Å². The summed E-state index contributed by atoms with van der Waals surface area (Å²) in [5.41, 5.74) is 1.88. The Labute approximate surface area is 215 Å². The molecule has 3 aromatic rings. The molecule has 168 valence electrons. The lowest BCUT2D eigenvalue weighted by Crippen LogP contribution is -3.00. The second-order valence-electron chi connectivity index (χ2n) is 7.60. The maximum absolute atomic E-state index is 6.58. The van der Waals surface area contributed by atoms with E-state index in [-0.39, 0.29) is 23.0 Å². The van der Waals surface area contributed by atoms with Crippen LogP contribution < -0.4 is 21.5 Å². The van der Waals surface area contributed by atoms with Gasteiger partial charge in [0.2, 0.25) is 6.33 Å². The Morgan fingerprint density at radius 3 is 1.90 bits per heavy atom. The van der Waals surface area contributed by atoms with Gasteiger partial charge in [-0.25, -0.2) is 9.13 Å². The Morgan fingerprint density at radius 1 is 0.806 bits per heavy atom. The van der Waals surface area contributed by atoms with Crippen molar-refractivity contribution >= 4 is 46.4 Å². The molecule has 0 saturated carbocycles. The number of imidazole rings is 1. The molecule has 1 aromatic heterocycles. The van der Waals surface area contributed by atoms with Crippen LogP contribution in [0.15, 0.2) is 55.1 Å². The number of aromatic nitrogens is 2. The van der Waals surface area contributed by atoms with E-state index in [0.717, 1.165) is 17.7 Å². The summed E-state index contributed by atoms with van der Waals surface area (Å²) in [6.45, 7) is 3.24. The fourth-order valence-electron chi connectivity index (χ4n) is 3.71. The molecule has 0 unspecified atom stereocenters. The summed E-state index contributed by atoms with van der Waals surface area (Å²) in [5, 5.41) is 2.43. The zero-order valence-electron chi connectivity index (χ0n) is 17.5. The minimum atomic E-state index is -0.176. The second kappa shape index (κ2) is 13.1. The van der Waals surface area contributed by atoms with Crippen molar-refractivity contribution in [2.75, 3.05) is 0 Å². The van der Waals surface area contributed by atoms with Crippen LogP contribution in [0.1, 0.15) is 62.6 Å². The first-order valence-corrected chi connectivity index (χ1v) is 12.0. The molecule has 0 spiro atoms. The van der Waals surface area contributed by atoms with E-state index in [1.165, 1.54) is 38.5 Å². The number of rotatable bonds is 10. The van der Waals surface area contributed by atoms with Crippen LogP contribution in [0.25, 0.3) is 0 Å². The lowest BCUT2D eigenvalue weighted by Gasteiger charge is -2.18. The quantitative estimate of drug-likeness (QED) is 0.231. The van der Waals surface area contributed by atoms with Gasteiger partial charge in [-0.1, -0.05) is 91.1 Å². The molecular weight excluding hydrogens is 538 g/mol. The van der Waals surface area contributed by atoms with Gasteiger partial charge >= 0.3 is 0 Å². The van der Waals surface area contributed by atoms with E-state index >= 15 is 0 Å². The van der Waals surface area contributed by atoms with Gasteiger partial charge in [0.05, 0.1) is 6.54 Å². The lowest BCUT2D eigenvalue weighted by molar-refractivity contribution is -0.697. The van der Waals surface area contributed by atoms with Gasteiger partial charge in [-0.3, -0.25) is 0 Å². The first-order chi connectivity index (χ1) is 14.5. The SMILES string of the molecule is CCCCCCCC[n+]1ccn(C(c2ccc(Cl)cc2Cl)c2ccc(Cl)cc2Cl)c1.[Br-]. The van der Waals surface area contributed by atoms with Crippen LogP contribution in [0.3, 0.4) is 0 Å². The zero-order chi connectivity index (χ0) is 21.5. The van der Waals surface area contributed by atoms with Gasteiger partial charge in [0.25, 0.3) is 0 Å². The molecule has 0 atom stereocenters. The Kier molecular flexibility index (Phi) is 11.2. The monoisotopic (exact) mass is 562 g/mol. The predicted molar refractivity (Wildman–Crippen MR) is 128 cm³/mol. The molecule has 2 aromatic carbocycles. The minimum Gasteiger partial charge on any atom is -1.00 e. The van der Waals surface area contributed by atoms with Gasteiger partial charge < -0.3 is 17.0 Å². The van der Waals surface area contributed by atoms with Crippen LogP contribution >= 0.6 is 46.4 Å². The molecule has 0 amide bonds. The van der Waals surface area contributed by atoms with E-state index in [4.69, 9.17) is 46.4 Å². The number of aryl methyl sites for hydroxylation is 1. The molecular formula is C24H27BrCl4N2. The van der Waals surface area contributed by atoms with Gasteiger partial charge in [0, 0.05) is 31.2 Å². The molecule has 1 heterocycles. The molecule has 31 heavy (non-hydrogen) atoms. The fourth-order valence-corrected chi connectivity index (χ4v) is 4.73. The van der Waals surface area contributed by atoms with Crippen molar-refractivity contribution < 1.29 is 21.5 Å². The summed E-state index contributed by atoms with van der Waals surface area (Å²) in [6.07, 6.45) is 14.0. The number of hydrogen-bond acceptors (Lipinski definition) is 0. The Bertz CT molecular complexity index is 922. The van der Waals surface area contributed by atoms with E-state index < -0.39 is 0 Å². The third kappa shape index (κ3) is 7.40. The van der Waals surface area contributed by atoms with Crippen LogP contribution in [0.4, 0.5) is 0 Å². The van der Waals surface area contributed by atoms with Gasteiger partial charge in [-0.05, 0) is 37.1 Å². The predicted octanol–water partition coefficient (Wildman–Crippen LogP) is 5.39. The molecule has 3 rings (SSSR count). The molecule has 0 saturated heterocycles. The summed E-state index contributed by atoms with van der Waals surface area (Å²) in [5.74, 6) is 0. The Morgan fingerprint density at radius 2 is 1.35 bits per heavy atom. The highest BCUT2D eigenvalue weighted by molar-refractivity contribution is 6.36. The zero-order valence-corrected chi connectivity index (χ0v) is 22.1. The van der Waals surface area contributed by atoms with Crippen molar-refractivity contribution in [1.29, 1.82) is 0 Å². The van der Waals surface area contributed by atoms with Crippen molar-refractivity contribution in [2.24, 2.45) is 0 Å². The molecule has 0 aliphatic rings. The molecule has 0 aliphatic heterocycles. The van der Waals surface area contributed by atoms with E-state index in [2.05, 4.69) is 34.8 Å². The fraction of sp³-hybridized carbons (Fsp3) is 0.375. The number of nitrogens with zero attached hydrogens (tertiary/aromatic N) is 2. The minimum absolute atomic E-state index is 0.